The molecule has 0 heterocycles. The van der Waals surface area contributed by atoms with Crippen molar-refractivity contribution in [2.24, 2.45) is 11.7 Å². The molecule has 0 aromatic heterocycles. The van der Waals surface area contributed by atoms with Gasteiger partial charge in [0.15, 0.2) is 6.61 Å². The van der Waals surface area contributed by atoms with Gasteiger partial charge in [-0.2, -0.15) is 0 Å². The lowest BCUT2D eigenvalue weighted by Gasteiger charge is -2.16. The molecule has 1 aliphatic rings. The number of hydrogen-bond donors (Lipinski definition) is 2. The Kier molecular flexibility index (Phi) is 6.62. The number of carbonyl (C=O) groups excluding carboxylic acids is 1. The molecule has 0 aliphatic heterocycles. The Hall–Kier alpha value is -0.780. The summed E-state index contributed by atoms with van der Waals surface area (Å²) in [5.74, 6) is 1.12. The maximum absolute atomic E-state index is 11.7. The van der Waals surface area contributed by atoms with Gasteiger partial charge in [-0.15, -0.1) is 12.4 Å². The van der Waals surface area contributed by atoms with Crippen molar-refractivity contribution in [1.29, 1.82) is 0 Å². The van der Waals surface area contributed by atoms with Gasteiger partial charge in [-0.05, 0) is 37.0 Å². The highest BCUT2D eigenvalue weighted by Crippen LogP contribution is 2.32. The Balaban J connectivity index is 0.00000180. The molecule has 2 rings (SSSR count). The van der Waals surface area contributed by atoms with Crippen LogP contribution in [0.4, 0.5) is 0 Å². The van der Waals surface area contributed by atoms with Gasteiger partial charge in [0.1, 0.15) is 5.75 Å². The second-order valence-corrected chi connectivity index (χ2v) is 5.41. The van der Waals surface area contributed by atoms with Gasteiger partial charge in [-0.1, -0.05) is 22.0 Å². The van der Waals surface area contributed by atoms with Gasteiger partial charge in [0.25, 0.3) is 5.91 Å². The predicted octanol–water partition coefficient (Wildman–Crippen LogP) is 2.10. The third-order valence-corrected chi connectivity index (χ3v) is 3.45. The van der Waals surface area contributed by atoms with Crippen LogP contribution in [0.5, 0.6) is 5.75 Å². The SMILES string of the molecule is Cl.NCC(NC(=O)COc1cccc(Br)c1)C1CC1. The Morgan fingerprint density at radius 3 is 2.84 bits per heavy atom. The minimum atomic E-state index is -0.114. The van der Waals surface area contributed by atoms with E-state index >= 15 is 0 Å². The van der Waals surface area contributed by atoms with E-state index in [2.05, 4.69) is 21.2 Å². The highest BCUT2D eigenvalue weighted by atomic mass is 79.9. The average Bonchev–Trinajstić information content (AvgIpc) is 3.18. The summed E-state index contributed by atoms with van der Waals surface area (Å²) in [5.41, 5.74) is 5.63. The molecule has 3 N–H and O–H groups in total. The minimum Gasteiger partial charge on any atom is -0.484 e. The second-order valence-electron chi connectivity index (χ2n) is 4.49. The zero-order valence-electron chi connectivity index (χ0n) is 10.5. The number of amides is 1. The van der Waals surface area contributed by atoms with E-state index in [4.69, 9.17) is 10.5 Å². The molecule has 1 saturated carbocycles. The number of halogens is 2. The molecule has 0 radical (unpaired) electrons. The fourth-order valence-corrected chi connectivity index (χ4v) is 2.20. The van der Waals surface area contributed by atoms with Crippen LogP contribution in [0, 0.1) is 5.92 Å². The maximum atomic E-state index is 11.7. The van der Waals surface area contributed by atoms with E-state index in [0.717, 1.165) is 17.3 Å². The smallest absolute Gasteiger partial charge is 0.258 e. The molecule has 1 aromatic carbocycles. The summed E-state index contributed by atoms with van der Waals surface area (Å²) >= 11 is 3.35. The van der Waals surface area contributed by atoms with Crippen LogP contribution in [0.1, 0.15) is 12.8 Å². The summed E-state index contributed by atoms with van der Waals surface area (Å²) in [6.07, 6.45) is 2.32. The molecule has 6 heteroatoms. The van der Waals surface area contributed by atoms with Gasteiger partial charge >= 0.3 is 0 Å². The van der Waals surface area contributed by atoms with Crippen molar-refractivity contribution in [2.45, 2.75) is 18.9 Å². The third-order valence-electron chi connectivity index (χ3n) is 2.96. The van der Waals surface area contributed by atoms with Crippen LogP contribution in [-0.4, -0.2) is 25.1 Å². The average molecular weight is 350 g/mol. The summed E-state index contributed by atoms with van der Waals surface area (Å²) in [5, 5.41) is 2.91. The summed E-state index contributed by atoms with van der Waals surface area (Å²) in [7, 11) is 0. The zero-order valence-corrected chi connectivity index (χ0v) is 12.9. The number of hydrogen-bond acceptors (Lipinski definition) is 3. The van der Waals surface area contributed by atoms with Crippen molar-refractivity contribution in [2.75, 3.05) is 13.2 Å². The molecule has 1 atom stereocenters. The summed E-state index contributed by atoms with van der Waals surface area (Å²) in [6.45, 7) is 0.521. The molecular formula is C13H18BrClN2O2. The van der Waals surface area contributed by atoms with Crippen LogP contribution in [0.3, 0.4) is 0 Å². The van der Waals surface area contributed by atoms with E-state index in [1.807, 2.05) is 24.3 Å². The monoisotopic (exact) mass is 348 g/mol. The first-order valence-electron chi connectivity index (χ1n) is 6.07. The van der Waals surface area contributed by atoms with Crippen LogP contribution in [0.25, 0.3) is 0 Å². The second kappa shape index (κ2) is 7.72. The number of nitrogens with one attached hydrogen (secondary N) is 1. The zero-order chi connectivity index (χ0) is 13.0. The van der Waals surface area contributed by atoms with Crippen molar-refractivity contribution in [3.8, 4) is 5.75 Å². The molecule has 1 amide bonds. The van der Waals surface area contributed by atoms with Crippen molar-refractivity contribution in [1.82, 2.24) is 5.32 Å². The topological polar surface area (TPSA) is 64.3 Å². The Morgan fingerprint density at radius 2 is 2.26 bits per heavy atom. The van der Waals surface area contributed by atoms with E-state index < -0.39 is 0 Å². The number of carbonyl (C=O) groups is 1. The van der Waals surface area contributed by atoms with Gasteiger partial charge in [0.05, 0.1) is 0 Å². The fourth-order valence-electron chi connectivity index (χ4n) is 1.82. The highest BCUT2D eigenvalue weighted by Gasteiger charge is 2.31. The first kappa shape index (κ1) is 16.3. The molecule has 0 spiro atoms. The van der Waals surface area contributed by atoms with Crippen LogP contribution >= 0.6 is 28.3 Å². The van der Waals surface area contributed by atoms with E-state index in [9.17, 15) is 4.79 Å². The van der Waals surface area contributed by atoms with Crippen LogP contribution in [0.15, 0.2) is 28.7 Å². The molecule has 0 saturated heterocycles. The largest absolute Gasteiger partial charge is 0.484 e. The van der Waals surface area contributed by atoms with Crippen molar-refractivity contribution in [3.05, 3.63) is 28.7 Å². The number of nitrogens with two attached hydrogens (primary N) is 1. The first-order valence-corrected chi connectivity index (χ1v) is 6.86. The van der Waals surface area contributed by atoms with Gasteiger partial charge in [0, 0.05) is 17.1 Å². The summed E-state index contributed by atoms with van der Waals surface area (Å²) in [6, 6.07) is 7.52. The molecule has 1 aliphatic carbocycles. The third kappa shape index (κ3) is 5.38. The number of ether oxygens (including phenoxy) is 1. The Morgan fingerprint density at radius 1 is 1.53 bits per heavy atom. The van der Waals surface area contributed by atoms with Gasteiger partial charge in [0.2, 0.25) is 0 Å². The van der Waals surface area contributed by atoms with Crippen molar-refractivity contribution >= 4 is 34.2 Å². The molecule has 1 unspecified atom stereocenters. The lowest BCUT2D eigenvalue weighted by atomic mass is 10.2. The molecule has 19 heavy (non-hydrogen) atoms. The lowest BCUT2D eigenvalue weighted by Crippen LogP contribution is -2.43. The van der Waals surface area contributed by atoms with Crippen LogP contribution < -0.4 is 15.8 Å². The summed E-state index contributed by atoms with van der Waals surface area (Å²) in [4.78, 5) is 11.7. The highest BCUT2D eigenvalue weighted by molar-refractivity contribution is 9.10. The number of rotatable bonds is 6. The van der Waals surface area contributed by atoms with E-state index in [0.29, 0.717) is 18.2 Å². The maximum Gasteiger partial charge on any atom is 0.258 e. The van der Waals surface area contributed by atoms with Crippen molar-refractivity contribution < 1.29 is 9.53 Å². The molecule has 1 fully saturated rings. The summed E-state index contributed by atoms with van der Waals surface area (Å²) < 4.78 is 6.34. The standard InChI is InChI=1S/C13H17BrN2O2.ClH/c14-10-2-1-3-11(6-10)18-8-13(17)16-12(7-15)9-4-5-9;/h1-3,6,9,12H,4-5,7-8,15H2,(H,16,17);1H. The first-order chi connectivity index (χ1) is 8.69. The van der Waals surface area contributed by atoms with Crippen molar-refractivity contribution in [3.63, 3.8) is 0 Å². The molecular weight excluding hydrogens is 332 g/mol. The fraction of sp³-hybridized carbons (Fsp3) is 0.462. The molecule has 1 aromatic rings. The van der Waals surface area contributed by atoms with Gasteiger partial charge in [-0.25, -0.2) is 0 Å². The lowest BCUT2D eigenvalue weighted by molar-refractivity contribution is -0.123. The molecule has 4 nitrogen and oxygen atoms in total. The molecule has 106 valence electrons. The van der Waals surface area contributed by atoms with Gasteiger partial charge < -0.3 is 15.8 Å². The molecule has 0 bridgehead atoms. The Bertz CT molecular complexity index is 427. The van der Waals surface area contributed by atoms with Crippen LogP contribution in [0.2, 0.25) is 0 Å². The van der Waals surface area contributed by atoms with E-state index in [1.54, 1.807) is 0 Å². The van der Waals surface area contributed by atoms with Gasteiger partial charge in [-0.3, -0.25) is 4.79 Å². The number of benzene rings is 1. The quantitative estimate of drug-likeness (QED) is 0.826. The minimum absolute atomic E-state index is 0. The van der Waals surface area contributed by atoms with E-state index in [-0.39, 0.29) is 31.0 Å². The predicted molar refractivity (Wildman–Crippen MR) is 80.6 cm³/mol. The Labute approximate surface area is 127 Å². The normalized spacial score (nSPS) is 15.3. The van der Waals surface area contributed by atoms with E-state index in [1.165, 1.54) is 0 Å². The van der Waals surface area contributed by atoms with Crippen LogP contribution in [-0.2, 0) is 4.79 Å².